The number of alkyl halides is 3. The van der Waals surface area contributed by atoms with Crippen LogP contribution >= 0.6 is 0 Å². The fourth-order valence-electron chi connectivity index (χ4n) is 2.69. The minimum absolute atomic E-state index is 0.135. The molecule has 1 saturated carbocycles. The summed E-state index contributed by atoms with van der Waals surface area (Å²) in [6.45, 7) is -0.135. The summed E-state index contributed by atoms with van der Waals surface area (Å²) < 4.78 is 59.1. The van der Waals surface area contributed by atoms with Crippen molar-refractivity contribution >= 4 is 10.0 Å². The smallest absolute Gasteiger partial charge is 0.207 e. The van der Waals surface area contributed by atoms with Gasteiger partial charge in [-0.15, -0.1) is 0 Å². The molecule has 0 heterocycles. The maximum absolute atomic E-state index is 12.0. The van der Waals surface area contributed by atoms with E-state index >= 15 is 0 Å². The summed E-state index contributed by atoms with van der Waals surface area (Å²) in [5, 5.41) is 0. The lowest BCUT2D eigenvalue weighted by Gasteiger charge is -2.18. The molecule has 0 aliphatic heterocycles. The lowest BCUT2D eigenvalue weighted by atomic mass is 9.91. The third kappa shape index (κ3) is 2.65. The highest BCUT2D eigenvalue weighted by molar-refractivity contribution is 7.90. The minimum atomic E-state index is -5.21. The Morgan fingerprint density at radius 1 is 1.24 bits per heavy atom. The molecule has 1 N–H and O–H groups in total. The van der Waals surface area contributed by atoms with Gasteiger partial charge in [0.15, 0.2) is 0 Å². The summed E-state index contributed by atoms with van der Waals surface area (Å²) in [5.74, 6) is 1.29. The van der Waals surface area contributed by atoms with Gasteiger partial charge in [0.1, 0.15) is 0 Å². The first-order valence-electron chi connectivity index (χ1n) is 5.54. The maximum atomic E-state index is 12.0. The van der Waals surface area contributed by atoms with E-state index in [0.717, 1.165) is 12.8 Å². The van der Waals surface area contributed by atoms with Gasteiger partial charge in [0.25, 0.3) is 0 Å². The molecule has 0 aromatic heterocycles. The van der Waals surface area contributed by atoms with E-state index in [2.05, 4.69) is 12.2 Å². The number of nitrogens with one attached hydrogen (secondary N) is 1. The van der Waals surface area contributed by atoms with Crippen LogP contribution in [0.15, 0.2) is 12.2 Å². The first-order valence-corrected chi connectivity index (χ1v) is 7.02. The summed E-state index contributed by atoms with van der Waals surface area (Å²) >= 11 is 0. The predicted molar refractivity (Wildman–Crippen MR) is 56.4 cm³/mol. The number of hydrogen-bond acceptors (Lipinski definition) is 2. The highest BCUT2D eigenvalue weighted by Gasteiger charge is 2.45. The molecule has 17 heavy (non-hydrogen) atoms. The average Bonchev–Trinajstić information content (AvgIpc) is 2.76. The zero-order chi connectivity index (χ0) is 12.7. The van der Waals surface area contributed by atoms with Crippen LogP contribution in [0, 0.1) is 17.8 Å². The van der Waals surface area contributed by atoms with E-state index in [4.69, 9.17) is 0 Å². The van der Waals surface area contributed by atoms with Crippen molar-refractivity contribution in [3.8, 4) is 0 Å². The number of sulfonamides is 1. The molecule has 3 atom stereocenters. The zero-order valence-corrected chi connectivity index (χ0v) is 9.89. The van der Waals surface area contributed by atoms with Gasteiger partial charge in [-0.25, -0.2) is 13.1 Å². The molecular formula is C10H14F3NO2S. The fraction of sp³-hybridized carbons (Fsp3) is 0.800. The van der Waals surface area contributed by atoms with Gasteiger partial charge in [-0.05, 0) is 37.0 Å². The molecule has 2 bridgehead atoms. The number of hydrogen-bond donors (Lipinski definition) is 1. The van der Waals surface area contributed by atoms with Crippen molar-refractivity contribution in [2.45, 2.75) is 24.8 Å². The predicted octanol–water partition coefficient (Wildman–Crippen LogP) is 2.03. The number of halogens is 3. The van der Waals surface area contributed by atoms with E-state index < -0.39 is 15.5 Å². The number of fused-ring (bicyclic) bond motifs is 2. The van der Waals surface area contributed by atoms with Gasteiger partial charge < -0.3 is 0 Å². The van der Waals surface area contributed by atoms with Crippen molar-refractivity contribution in [1.29, 1.82) is 0 Å². The monoisotopic (exact) mass is 269 g/mol. The van der Waals surface area contributed by atoms with Crippen molar-refractivity contribution < 1.29 is 21.6 Å². The molecule has 0 aromatic rings. The van der Waals surface area contributed by atoms with Gasteiger partial charge in [-0.3, -0.25) is 0 Å². The Balaban J connectivity index is 1.79. The molecule has 0 amide bonds. The molecule has 98 valence electrons. The van der Waals surface area contributed by atoms with Crippen LogP contribution in [0.2, 0.25) is 0 Å². The molecular weight excluding hydrogens is 255 g/mol. The quantitative estimate of drug-likeness (QED) is 0.794. The van der Waals surface area contributed by atoms with Crippen LogP contribution in [0.5, 0.6) is 0 Å². The normalized spacial score (nSPS) is 32.3. The van der Waals surface area contributed by atoms with E-state index in [1.165, 1.54) is 0 Å². The second-order valence-electron chi connectivity index (χ2n) is 4.67. The van der Waals surface area contributed by atoms with Gasteiger partial charge in [-0.1, -0.05) is 12.2 Å². The van der Waals surface area contributed by atoms with Crippen molar-refractivity contribution in [3.05, 3.63) is 12.2 Å². The van der Waals surface area contributed by atoms with Gasteiger partial charge in [0.2, 0.25) is 0 Å². The van der Waals surface area contributed by atoms with Crippen molar-refractivity contribution in [2.75, 3.05) is 6.54 Å². The van der Waals surface area contributed by atoms with E-state index in [1.807, 2.05) is 0 Å². The maximum Gasteiger partial charge on any atom is 0.511 e. The summed E-state index contributed by atoms with van der Waals surface area (Å²) in [6, 6.07) is 0. The highest BCUT2D eigenvalue weighted by atomic mass is 32.2. The van der Waals surface area contributed by atoms with E-state index in [9.17, 15) is 21.6 Å². The molecule has 0 aromatic carbocycles. The van der Waals surface area contributed by atoms with Gasteiger partial charge in [0.05, 0.1) is 0 Å². The van der Waals surface area contributed by atoms with Crippen LogP contribution in [0.1, 0.15) is 19.3 Å². The van der Waals surface area contributed by atoms with Crippen molar-refractivity contribution in [2.24, 2.45) is 17.8 Å². The van der Waals surface area contributed by atoms with Crippen LogP contribution in [-0.4, -0.2) is 20.5 Å². The number of allylic oxidation sites excluding steroid dienone is 2. The Morgan fingerprint density at radius 3 is 2.41 bits per heavy atom. The van der Waals surface area contributed by atoms with E-state index in [0.29, 0.717) is 24.2 Å². The van der Waals surface area contributed by atoms with Crippen LogP contribution in [0.25, 0.3) is 0 Å². The Kier molecular flexibility index (Phi) is 3.24. The minimum Gasteiger partial charge on any atom is -0.207 e. The second-order valence-corrected chi connectivity index (χ2v) is 6.43. The topological polar surface area (TPSA) is 46.2 Å². The SMILES string of the molecule is O=S(=O)(NCCC1CC2C=CC1C2)C(F)(F)F. The van der Waals surface area contributed by atoms with Crippen LogP contribution in [0.4, 0.5) is 13.2 Å². The molecule has 7 heteroatoms. The van der Waals surface area contributed by atoms with E-state index in [1.54, 1.807) is 4.72 Å². The molecule has 2 aliphatic carbocycles. The average molecular weight is 269 g/mol. The van der Waals surface area contributed by atoms with Gasteiger partial charge in [-0.2, -0.15) is 13.2 Å². The van der Waals surface area contributed by atoms with Crippen molar-refractivity contribution in [3.63, 3.8) is 0 Å². The molecule has 0 spiro atoms. The Morgan fingerprint density at radius 2 is 1.94 bits per heavy atom. The van der Waals surface area contributed by atoms with Crippen LogP contribution < -0.4 is 4.72 Å². The first-order chi connectivity index (χ1) is 7.79. The molecule has 2 aliphatic rings. The summed E-state index contributed by atoms with van der Waals surface area (Å²) in [5.41, 5.74) is -5.21. The third-order valence-corrected chi connectivity index (χ3v) is 4.72. The lowest BCUT2D eigenvalue weighted by molar-refractivity contribution is -0.0448. The second kappa shape index (κ2) is 4.28. The molecule has 3 nitrogen and oxygen atoms in total. The molecule has 0 radical (unpaired) electrons. The fourth-order valence-corrected chi connectivity index (χ4v) is 3.24. The third-order valence-electron chi connectivity index (χ3n) is 3.53. The van der Waals surface area contributed by atoms with Crippen LogP contribution in [-0.2, 0) is 10.0 Å². The zero-order valence-electron chi connectivity index (χ0n) is 9.07. The number of rotatable bonds is 4. The van der Waals surface area contributed by atoms with Gasteiger partial charge in [0, 0.05) is 6.54 Å². The Labute approximate surface area is 98.1 Å². The van der Waals surface area contributed by atoms with Gasteiger partial charge >= 0.3 is 15.5 Å². The lowest BCUT2D eigenvalue weighted by Crippen LogP contribution is -2.37. The highest BCUT2D eigenvalue weighted by Crippen LogP contribution is 2.44. The Hall–Kier alpha value is -0.560. The molecule has 0 saturated heterocycles. The van der Waals surface area contributed by atoms with Crippen LogP contribution in [0.3, 0.4) is 0 Å². The molecule has 1 fully saturated rings. The summed E-state index contributed by atoms with van der Waals surface area (Å²) in [6.07, 6.45) is 6.74. The van der Waals surface area contributed by atoms with E-state index in [-0.39, 0.29) is 6.54 Å². The molecule has 3 unspecified atom stereocenters. The Bertz CT molecular complexity index is 416. The largest absolute Gasteiger partial charge is 0.511 e. The summed E-state index contributed by atoms with van der Waals surface area (Å²) in [7, 11) is -5.17. The summed E-state index contributed by atoms with van der Waals surface area (Å²) in [4.78, 5) is 0. The molecule has 2 rings (SSSR count). The standard InChI is InChI=1S/C10H14F3NO2S/c11-10(12,13)17(15,16)14-4-3-9-6-7-1-2-8(9)5-7/h1-2,7-9,14H,3-6H2. The van der Waals surface area contributed by atoms with Crippen molar-refractivity contribution in [1.82, 2.24) is 4.72 Å². The first kappa shape index (κ1) is 12.9.